The number of fused-ring (bicyclic) bond motifs is 1. The van der Waals surface area contributed by atoms with Gasteiger partial charge in [0.2, 0.25) is 47.3 Å². The number of amides is 8. The van der Waals surface area contributed by atoms with Gasteiger partial charge in [-0.05, 0) is 75.5 Å². The molecule has 3 aliphatic heterocycles. The van der Waals surface area contributed by atoms with E-state index in [1.807, 2.05) is 18.2 Å². The maximum absolute atomic E-state index is 14.2. The lowest BCUT2D eigenvalue weighted by Crippen LogP contribution is -2.60. The third-order valence-electron chi connectivity index (χ3n) is 13.3. The molecule has 24 nitrogen and oxygen atoms in total. The van der Waals surface area contributed by atoms with Crippen LogP contribution in [0.25, 0.3) is 10.9 Å². The number of nitrogens with one attached hydrogen (secondary N) is 6. The number of H-pyrrole nitrogens is 1. The molecule has 14 N–H and O–H groups in total. The first-order valence-electron chi connectivity index (χ1n) is 24.6. The molecule has 394 valence electrons. The van der Waals surface area contributed by atoms with Gasteiger partial charge in [0, 0.05) is 56.1 Å². The maximum atomic E-state index is 14.2. The zero-order chi connectivity index (χ0) is 52.8. The van der Waals surface area contributed by atoms with Crippen LogP contribution in [0.5, 0.6) is 0 Å². The summed E-state index contributed by atoms with van der Waals surface area (Å²) in [5, 5.41) is 34.2. The van der Waals surface area contributed by atoms with E-state index in [0.717, 1.165) is 10.9 Å². The van der Waals surface area contributed by atoms with Crippen molar-refractivity contribution in [1.82, 2.24) is 46.3 Å². The van der Waals surface area contributed by atoms with Crippen LogP contribution >= 0.6 is 0 Å². The molecule has 0 spiro atoms. The number of aromatic nitrogens is 1. The van der Waals surface area contributed by atoms with Gasteiger partial charge in [-0.25, -0.2) is 4.79 Å². The number of aromatic amines is 1. The molecule has 3 aromatic rings. The molecule has 73 heavy (non-hydrogen) atoms. The van der Waals surface area contributed by atoms with E-state index < -0.39 is 103 Å². The normalized spacial score (nSPS) is 19.5. The van der Waals surface area contributed by atoms with Crippen molar-refractivity contribution < 1.29 is 53.4 Å². The topological polar surface area (TPSA) is 370 Å². The minimum absolute atomic E-state index is 0.0184. The molecule has 3 saturated heterocycles. The molecular weight excluding hydrogens is 947 g/mol. The Morgan fingerprint density at radius 1 is 0.712 bits per heavy atom. The number of carbonyl (C=O) groups is 9. The molecule has 0 aliphatic carbocycles. The van der Waals surface area contributed by atoms with Crippen molar-refractivity contribution in [2.24, 2.45) is 22.2 Å². The Bertz CT molecular complexity index is 2520. The molecule has 0 saturated carbocycles. The van der Waals surface area contributed by atoms with Gasteiger partial charge >= 0.3 is 5.97 Å². The fourth-order valence-electron chi connectivity index (χ4n) is 9.62. The molecule has 6 rings (SSSR count). The summed E-state index contributed by atoms with van der Waals surface area (Å²) < 4.78 is 0. The molecule has 3 fully saturated rings. The van der Waals surface area contributed by atoms with Crippen molar-refractivity contribution in [2.45, 2.75) is 119 Å². The summed E-state index contributed by atoms with van der Waals surface area (Å²) in [6.07, 6.45) is 4.16. The Hall–Kier alpha value is -7.60. The molecule has 3 aliphatic rings. The summed E-state index contributed by atoms with van der Waals surface area (Å²) >= 11 is 0. The number of aliphatic hydroxyl groups excluding tert-OH is 1. The lowest BCUT2D eigenvalue weighted by atomic mass is 10.0. The van der Waals surface area contributed by atoms with E-state index in [4.69, 9.17) is 17.2 Å². The minimum atomic E-state index is -1.59. The molecule has 24 heteroatoms. The molecule has 8 amide bonds. The average molecular weight is 1010 g/mol. The number of carboxylic acids is 1. The van der Waals surface area contributed by atoms with E-state index in [2.05, 4.69) is 36.6 Å². The van der Waals surface area contributed by atoms with Crippen LogP contribution in [0.1, 0.15) is 69.4 Å². The van der Waals surface area contributed by atoms with Crippen molar-refractivity contribution in [2.75, 3.05) is 39.3 Å². The third kappa shape index (κ3) is 14.3. The van der Waals surface area contributed by atoms with Gasteiger partial charge in [0.1, 0.15) is 42.3 Å². The number of aliphatic hydroxyl groups is 1. The van der Waals surface area contributed by atoms with Gasteiger partial charge in [-0.2, -0.15) is 0 Å². The number of likely N-dealkylation sites (tertiary alicyclic amines) is 3. The van der Waals surface area contributed by atoms with Gasteiger partial charge in [0.15, 0.2) is 5.96 Å². The lowest BCUT2D eigenvalue weighted by Gasteiger charge is -2.31. The van der Waals surface area contributed by atoms with E-state index >= 15 is 0 Å². The molecule has 2 aromatic carbocycles. The smallest absolute Gasteiger partial charge is 0.326 e. The average Bonchev–Trinajstić information content (AvgIpc) is 4.23. The number of nitrogens with two attached hydrogens (primary N) is 3. The predicted octanol–water partition coefficient (Wildman–Crippen LogP) is -2.54. The number of para-hydroxylation sites is 1. The number of carbonyl (C=O) groups excluding carboxylic acids is 8. The predicted molar refractivity (Wildman–Crippen MR) is 265 cm³/mol. The Morgan fingerprint density at radius 2 is 1.30 bits per heavy atom. The Balaban J connectivity index is 1.12. The second-order valence-corrected chi connectivity index (χ2v) is 18.6. The fourth-order valence-corrected chi connectivity index (χ4v) is 9.62. The molecule has 0 unspecified atom stereocenters. The summed E-state index contributed by atoms with van der Waals surface area (Å²) in [7, 11) is 0. The van der Waals surface area contributed by atoms with Crippen molar-refractivity contribution >= 4 is 70.1 Å². The Labute approximate surface area is 421 Å². The summed E-state index contributed by atoms with van der Waals surface area (Å²) in [5.74, 6) is -6.75. The highest BCUT2D eigenvalue weighted by Gasteiger charge is 2.43. The van der Waals surface area contributed by atoms with Crippen LogP contribution in [0.15, 0.2) is 65.8 Å². The molecule has 0 bridgehead atoms. The minimum Gasteiger partial charge on any atom is -0.480 e. The van der Waals surface area contributed by atoms with Crippen molar-refractivity contribution in [3.63, 3.8) is 0 Å². The largest absolute Gasteiger partial charge is 0.480 e. The summed E-state index contributed by atoms with van der Waals surface area (Å²) in [5.41, 5.74) is 18.6. The highest BCUT2D eigenvalue weighted by atomic mass is 16.4. The van der Waals surface area contributed by atoms with Crippen LogP contribution in [-0.2, 0) is 56.0 Å². The van der Waals surface area contributed by atoms with Crippen LogP contribution < -0.4 is 43.8 Å². The first-order valence-corrected chi connectivity index (χ1v) is 24.6. The van der Waals surface area contributed by atoms with E-state index in [1.54, 1.807) is 49.5 Å². The van der Waals surface area contributed by atoms with Crippen molar-refractivity contribution in [1.29, 1.82) is 0 Å². The van der Waals surface area contributed by atoms with Gasteiger partial charge < -0.3 is 73.7 Å². The van der Waals surface area contributed by atoms with Crippen LogP contribution in [0, 0.1) is 0 Å². The number of guanidine groups is 1. The van der Waals surface area contributed by atoms with Crippen LogP contribution in [0.4, 0.5) is 0 Å². The van der Waals surface area contributed by atoms with Gasteiger partial charge in [0.25, 0.3) is 0 Å². The van der Waals surface area contributed by atoms with E-state index in [-0.39, 0.29) is 69.5 Å². The van der Waals surface area contributed by atoms with E-state index in [1.165, 1.54) is 14.7 Å². The van der Waals surface area contributed by atoms with E-state index in [0.29, 0.717) is 49.8 Å². The fraction of sp³-hybridized carbons (Fsp3) is 0.510. The number of carboxylic acid groups (broad SMARTS) is 1. The first-order chi connectivity index (χ1) is 35.0. The number of benzene rings is 2. The van der Waals surface area contributed by atoms with Gasteiger partial charge in [-0.15, -0.1) is 0 Å². The monoisotopic (exact) mass is 1010 g/mol. The number of hydrogen-bond donors (Lipinski definition) is 11. The number of rotatable bonds is 23. The third-order valence-corrected chi connectivity index (χ3v) is 13.3. The zero-order valence-corrected chi connectivity index (χ0v) is 40.8. The second-order valence-electron chi connectivity index (χ2n) is 18.6. The second kappa shape index (κ2) is 25.7. The van der Waals surface area contributed by atoms with Crippen LogP contribution in [0.2, 0.25) is 0 Å². The maximum Gasteiger partial charge on any atom is 0.326 e. The summed E-state index contributed by atoms with van der Waals surface area (Å²) in [6, 6.07) is 6.79. The molecule has 1 aromatic heterocycles. The number of nitrogens with zero attached hydrogens (tertiary/aromatic N) is 4. The highest BCUT2D eigenvalue weighted by molar-refractivity contribution is 5.98. The standard InChI is InChI=1S/C49H67N13O11/c1-28(50)45(69)62-22-10-18-39(62)47(71)61-21-8-16-37(61)43(67)55-26-40(64)56-35(24-30-25-54-32-14-6-5-13-31(30)32)42(66)59-36(27-63)46(70)60-20-9-17-38(60)44(68)58-34(23-29-11-3-2-4-12-29)41(65)57-33(48(72)73)15-7-19-53-49(51)52/h2-6,11-14,25,28,33-39,54,63H,7-10,15-24,26-27,50H2,1H3,(H,55,67)(H,56,64)(H,57,65)(H,58,68)(H,59,66)(H,72,73)(H4,51,52,53)/t28-,33-,34-,35-,36-,37-,38-,39-/m0/s1. The van der Waals surface area contributed by atoms with Crippen molar-refractivity contribution in [3.05, 3.63) is 71.9 Å². The quantitative estimate of drug-likeness (QED) is 0.0265. The van der Waals surface area contributed by atoms with Crippen LogP contribution in [0.3, 0.4) is 0 Å². The number of aliphatic imine (C=N–C) groups is 1. The first kappa shape index (κ1) is 54.7. The van der Waals surface area contributed by atoms with Crippen LogP contribution in [-0.4, -0.2) is 177 Å². The SMILES string of the molecule is C[C@H](N)C(=O)N1CCC[C@H]1C(=O)N1CCC[C@H]1C(=O)NCC(=O)N[C@@H](Cc1c[nH]c2ccccc12)C(=O)N[C@@H](CO)C(=O)N1CCC[C@H]1C(=O)N[C@@H](Cc1ccccc1)C(=O)N[C@@H](CCCN=C(N)N)C(=O)O. The Morgan fingerprint density at radius 3 is 1.95 bits per heavy atom. The Kier molecular flexibility index (Phi) is 19.3. The summed E-state index contributed by atoms with van der Waals surface area (Å²) in [4.78, 5) is 133. The zero-order valence-electron chi connectivity index (χ0n) is 40.8. The van der Waals surface area contributed by atoms with Crippen molar-refractivity contribution in [3.8, 4) is 0 Å². The summed E-state index contributed by atoms with van der Waals surface area (Å²) in [6.45, 7) is 0.906. The van der Waals surface area contributed by atoms with Gasteiger partial charge in [-0.3, -0.25) is 43.3 Å². The van der Waals surface area contributed by atoms with Gasteiger partial charge in [0.05, 0.1) is 19.2 Å². The van der Waals surface area contributed by atoms with E-state index in [9.17, 15) is 53.4 Å². The molecular formula is C49H67N13O11. The van der Waals surface area contributed by atoms with Gasteiger partial charge in [-0.1, -0.05) is 48.5 Å². The highest BCUT2D eigenvalue weighted by Crippen LogP contribution is 2.26. The number of hydrogen-bond acceptors (Lipinski definition) is 12. The molecule has 0 radical (unpaired) electrons. The number of aliphatic carboxylic acids is 1. The lowest BCUT2D eigenvalue weighted by molar-refractivity contribution is -0.147. The molecule has 4 heterocycles. The molecule has 8 atom stereocenters.